The van der Waals surface area contributed by atoms with E-state index in [4.69, 9.17) is 0 Å². The van der Waals surface area contributed by atoms with Crippen LogP contribution in [0, 0.1) is 0 Å². The van der Waals surface area contributed by atoms with Crippen LogP contribution >= 0.6 is 31.9 Å². The minimum absolute atomic E-state index is 0.871. The molecule has 4 aromatic rings. The number of unbranched alkanes of at least 4 members (excludes halogenated alkanes) is 6. The molecule has 4 rings (SSSR count). The average Bonchev–Trinajstić information content (AvgIpc) is 2.98. The molecule has 1 N–H and O–H groups in total. The molecule has 0 amide bonds. The molecule has 0 atom stereocenters. The number of halogens is 2. The monoisotopic (exact) mass is 660 g/mol. The van der Waals surface area contributed by atoms with Gasteiger partial charge in [0.2, 0.25) is 0 Å². The van der Waals surface area contributed by atoms with Crippen molar-refractivity contribution in [3.05, 3.63) is 128 Å². The Hall–Kier alpha value is -2.20. The van der Waals surface area contributed by atoms with Crippen molar-refractivity contribution in [2.45, 2.75) is 83.7 Å². The number of aryl methyl sites for hydroxylation is 2. The van der Waals surface area contributed by atoms with Crippen LogP contribution in [0.25, 0.3) is 11.1 Å². The van der Waals surface area contributed by atoms with E-state index in [9.17, 15) is 5.11 Å². The molecule has 40 heavy (non-hydrogen) atoms. The van der Waals surface area contributed by atoms with Gasteiger partial charge < -0.3 is 5.11 Å². The second-order valence-electron chi connectivity index (χ2n) is 10.9. The molecule has 0 saturated heterocycles. The molecule has 0 bridgehead atoms. The van der Waals surface area contributed by atoms with Gasteiger partial charge in [0.05, 0.1) is 0 Å². The predicted octanol–water partition coefficient (Wildman–Crippen LogP) is 11.4. The topological polar surface area (TPSA) is 20.2 Å². The van der Waals surface area contributed by atoms with E-state index in [1.54, 1.807) is 0 Å². The van der Waals surface area contributed by atoms with Crippen LogP contribution in [0.4, 0.5) is 0 Å². The van der Waals surface area contributed by atoms with Crippen LogP contribution in [0.1, 0.15) is 93.0 Å². The summed E-state index contributed by atoms with van der Waals surface area (Å²) in [5, 5.41) is 12.9. The quantitative estimate of drug-likeness (QED) is 0.105. The molecule has 0 aliphatic rings. The van der Waals surface area contributed by atoms with Gasteiger partial charge in [0.25, 0.3) is 0 Å². The third-order valence-electron chi connectivity index (χ3n) is 7.91. The van der Waals surface area contributed by atoms with Gasteiger partial charge in [-0.25, -0.2) is 0 Å². The second kappa shape index (κ2) is 15.1. The van der Waals surface area contributed by atoms with Gasteiger partial charge in [0, 0.05) is 14.5 Å². The molecule has 0 spiro atoms. The fourth-order valence-corrected chi connectivity index (χ4v) is 6.14. The van der Waals surface area contributed by atoms with E-state index in [1.165, 1.54) is 62.5 Å². The molecule has 0 heterocycles. The summed E-state index contributed by atoms with van der Waals surface area (Å²) in [6.45, 7) is 4.50. The molecule has 3 heteroatoms. The van der Waals surface area contributed by atoms with Crippen molar-refractivity contribution in [2.75, 3.05) is 0 Å². The lowest BCUT2D eigenvalue weighted by Crippen LogP contribution is -2.29. The molecule has 0 fully saturated rings. The normalized spacial score (nSPS) is 11.6. The van der Waals surface area contributed by atoms with E-state index >= 15 is 0 Å². The van der Waals surface area contributed by atoms with E-state index in [2.05, 4.69) is 137 Å². The molecule has 1 nitrogen and oxygen atoms in total. The minimum Gasteiger partial charge on any atom is -0.376 e. The highest BCUT2D eigenvalue weighted by Gasteiger charge is 2.36. The highest BCUT2D eigenvalue weighted by molar-refractivity contribution is 9.10. The Morgan fingerprint density at radius 1 is 0.550 bits per heavy atom. The van der Waals surface area contributed by atoms with Crippen LogP contribution in [-0.2, 0) is 18.4 Å². The fourth-order valence-electron chi connectivity index (χ4n) is 5.51. The Morgan fingerprint density at radius 3 is 1.50 bits per heavy atom. The maximum atomic E-state index is 12.9. The summed E-state index contributed by atoms with van der Waals surface area (Å²) in [6, 6.07) is 31.9. The standard InChI is InChI=1S/C37H42Br2O/c1-3-5-7-9-11-28-13-19-31(20-14-28)37(40,32-21-15-29(16-22-32)12-10-8-6-4-2)36-27-34(39)25-26-35(36)30-17-23-33(38)24-18-30/h13-27,40H,3-12H2,1-2H3. The number of hydrogen-bond acceptors (Lipinski definition) is 1. The van der Waals surface area contributed by atoms with Crippen molar-refractivity contribution in [1.29, 1.82) is 0 Å². The lowest BCUT2D eigenvalue weighted by atomic mass is 9.76. The molecular weight excluding hydrogens is 620 g/mol. The summed E-state index contributed by atoms with van der Waals surface area (Å²) in [6.07, 6.45) is 12.2. The van der Waals surface area contributed by atoms with Gasteiger partial charge in [0.1, 0.15) is 5.60 Å². The summed E-state index contributed by atoms with van der Waals surface area (Å²) in [5.74, 6) is 0. The lowest BCUT2D eigenvalue weighted by molar-refractivity contribution is 0.126. The number of hydrogen-bond donors (Lipinski definition) is 1. The molecule has 210 valence electrons. The number of rotatable bonds is 14. The van der Waals surface area contributed by atoms with Gasteiger partial charge in [-0.2, -0.15) is 0 Å². The summed E-state index contributed by atoms with van der Waals surface area (Å²) >= 11 is 7.28. The molecule has 0 aliphatic carbocycles. The van der Waals surface area contributed by atoms with Crippen LogP contribution < -0.4 is 0 Å². The zero-order valence-corrected chi connectivity index (χ0v) is 27.1. The van der Waals surface area contributed by atoms with Gasteiger partial charge in [-0.1, -0.05) is 151 Å². The summed E-state index contributed by atoms with van der Waals surface area (Å²) in [7, 11) is 0. The van der Waals surface area contributed by atoms with Crippen LogP contribution in [0.5, 0.6) is 0 Å². The fraction of sp³-hybridized carbons (Fsp3) is 0.351. The van der Waals surface area contributed by atoms with E-state index in [0.717, 1.165) is 49.6 Å². The third-order valence-corrected chi connectivity index (χ3v) is 8.93. The van der Waals surface area contributed by atoms with Crippen LogP contribution in [0.15, 0.2) is 99.9 Å². The minimum atomic E-state index is -1.31. The Kier molecular flexibility index (Phi) is 11.6. The van der Waals surface area contributed by atoms with Gasteiger partial charge in [-0.15, -0.1) is 0 Å². The molecule has 0 radical (unpaired) electrons. The Bertz CT molecular complexity index is 1270. The van der Waals surface area contributed by atoms with Gasteiger partial charge in [-0.3, -0.25) is 0 Å². The second-order valence-corrected chi connectivity index (χ2v) is 12.8. The Morgan fingerprint density at radius 2 is 1.02 bits per heavy atom. The third kappa shape index (κ3) is 7.75. The van der Waals surface area contributed by atoms with E-state index in [1.807, 2.05) is 0 Å². The smallest absolute Gasteiger partial charge is 0.141 e. The zero-order chi connectivity index (χ0) is 28.4. The molecule has 0 aliphatic heterocycles. The Labute approximate surface area is 258 Å². The maximum Gasteiger partial charge on any atom is 0.141 e. The average molecular weight is 663 g/mol. The van der Waals surface area contributed by atoms with Crippen molar-refractivity contribution in [2.24, 2.45) is 0 Å². The predicted molar refractivity (Wildman–Crippen MR) is 178 cm³/mol. The maximum absolute atomic E-state index is 12.9. The first-order valence-corrected chi connectivity index (χ1v) is 16.5. The summed E-state index contributed by atoms with van der Waals surface area (Å²) < 4.78 is 1.98. The van der Waals surface area contributed by atoms with Crippen molar-refractivity contribution < 1.29 is 5.11 Å². The van der Waals surface area contributed by atoms with E-state index < -0.39 is 5.60 Å². The van der Waals surface area contributed by atoms with Crippen molar-refractivity contribution in [1.82, 2.24) is 0 Å². The first kappa shape index (κ1) is 30.8. The Balaban J connectivity index is 1.77. The molecule has 4 aromatic carbocycles. The largest absolute Gasteiger partial charge is 0.376 e. The lowest BCUT2D eigenvalue weighted by Gasteiger charge is -2.33. The van der Waals surface area contributed by atoms with Crippen LogP contribution in [0.2, 0.25) is 0 Å². The van der Waals surface area contributed by atoms with Crippen LogP contribution in [0.3, 0.4) is 0 Å². The van der Waals surface area contributed by atoms with E-state index in [-0.39, 0.29) is 0 Å². The molecular formula is C37H42Br2O. The van der Waals surface area contributed by atoms with Gasteiger partial charge in [0.15, 0.2) is 0 Å². The highest BCUT2D eigenvalue weighted by atomic mass is 79.9. The molecule has 0 saturated carbocycles. The summed E-state index contributed by atoms with van der Waals surface area (Å²) in [5.41, 5.74) is 6.08. The van der Waals surface area contributed by atoms with Crippen molar-refractivity contribution in [3.63, 3.8) is 0 Å². The first-order valence-electron chi connectivity index (χ1n) is 14.9. The first-order chi connectivity index (χ1) is 19.5. The van der Waals surface area contributed by atoms with Gasteiger partial charge >= 0.3 is 0 Å². The highest BCUT2D eigenvalue weighted by Crippen LogP contribution is 2.43. The van der Waals surface area contributed by atoms with Gasteiger partial charge in [-0.05, 0) is 83.3 Å². The molecule has 0 unspecified atom stereocenters. The van der Waals surface area contributed by atoms with Crippen LogP contribution in [-0.4, -0.2) is 5.11 Å². The number of benzene rings is 4. The summed E-state index contributed by atoms with van der Waals surface area (Å²) in [4.78, 5) is 0. The van der Waals surface area contributed by atoms with E-state index in [0.29, 0.717) is 0 Å². The zero-order valence-electron chi connectivity index (χ0n) is 23.9. The SMILES string of the molecule is CCCCCCc1ccc(C(O)(c2ccc(CCCCCC)cc2)c2cc(Br)ccc2-c2ccc(Br)cc2)cc1. The molecule has 0 aromatic heterocycles. The number of aliphatic hydroxyl groups is 1. The van der Waals surface area contributed by atoms with Crippen molar-refractivity contribution in [3.8, 4) is 11.1 Å². The van der Waals surface area contributed by atoms with Crippen molar-refractivity contribution >= 4 is 31.9 Å².